The average Bonchev–Trinajstić information content (AvgIpc) is 2.95. The molecule has 3 nitrogen and oxygen atoms in total. The number of rotatable bonds is 5. The molecule has 0 amide bonds. The lowest BCUT2D eigenvalue weighted by molar-refractivity contribution is -0.137. The molecule has 2 rings (SSSR count). The summed E-state index contributed by atoms with van der Waals surface area (Å²) < 4.78 is 44.6. The molecule has 1 saturated heterocycles. The van der Waals surface area contributed by atoms with Crippen molar-refractivity contribution in [3.8, 4) is 0 Å². The highest BCUT2D eigenvalue weighted by Gasteiger charge is 2.34. The van der Waals surface area contributed by atoms with Gasteiger partial charge in [0.05, 0.1) is 17.4 Å². The first-order chi connectivity index (χ1) is 10.4. The van der Waals surface area contributed by atoms with Gasteiger partial charge in [-0.3, -0.25) is 0 Å². The largest absolute Gasteiger partial charge is 0.417 e. The topological polar surface area (TPSA) is 30.8 Å². The second-order valence-electron chi connectivity index (χ2n) is 5.01. The minimum Gasteiger partial charge on any atom is -0.393 e. The van der Waals surface area contributed by atoms with Gasteiger partial charge >= 0.3 is 6.18 Å². The zero-order valence-electron chi connectivity index (χ0n) is 12.1. The van der Waals surface area contributed by atoms with Crippen LogP contribution in [0.15, 0.2) is 23.4 Å². The first-order valence-corrected chi connectivity index (χ1v) is 7.47. The molecule has 1 aliphatic heterocycles. The molecule has 1 atom stereocenters. The predicted octanol–water partition coefficient (Wildman–Crippen LogP) is 4.67. The summed E-state index contributed by atoms with van der Waals surface area (Å²) in [6.45, 7) is 2.64. The van der Waals surface area contributed by atoms with E-state index in [0.717, 1.165) is 18.9 Å². The van der Waals surface area contributed by atoms with Crippen LogP contribution in [0.25, 0.3) is 0 Å². The number of nitrogens with zero attached hydrogens (tertiary/aromatic N) is 1. The number of benzene rings is 1. The van der Waals surface area contributed by atoms with Crippen molar-refractivity contribution in [2.45, 2.75) is 38.5 Å². The molecule has 0 N–H and O–H groups in total. The molecule has 1 fully saturated rings. The monoisotopic (exact) mass is 335 g/mol. The first-order valence-electron chi connectivity index (χ1n) is 7.09. The molecule has 0 saturated carbocycles. The number of hydrogen-bond donors (Lipinski definition) is 0. The van der Waals surface area contributed by atoms with Gasteiger partial charge in [0.15, 0.2) is 0 Å². The minimum absolute atomic E-state index is 0.0386. The van der Waals surface area contributed by atoms with Crippen LogP contribution in [-0.2, 0) is 15.8 Å². The third kappa shape index (κ3) is 4.36. The zero-order valence-corrected chi connectivity index (χ0v) is 12.9. The van der Waals surface area contributed by atoms with E-state index in [-0.39, 0.29) is 29.0 Å². The molecule has 1 aliphatic rings. The van der Waals surface area contributed by atoms with Gasteiger partial charge in [0, 0.05) is 17.2 Å². The van der Waals surface area contributed by atoms with E-state index < -0.39 is 11.7 Å². The Morgan fingerprint density at radius 2 is 2.23 bits per heavy atom. The first kappa shape index (κ1) is 17.1. The van der Waals surface area contributed by atoms with Crippen LogP contribution in [0.5, 0.6) is 0 Å². The predicted molar refractivity (Wildman–Crippen MR) is 78.2 cm³/mol. The summed E-state index contributed by atoms with van der Waals surface area (Å²) >= 11 is 5.82. The van der Waals surface area contributed by atoms with Crippen LogP contribution in [-0.4, -0.2) is 25.0 Å². The van der Waals surface area contributed by atoms with Gasteiger partial charge in [0.1, 0.15) is 6.61 Å². The van der Waals surface area contributed by atoms with E-state index in [9.17, 15) is 13.2 Å². The number of ether oxygens (including phenoxy) is 1. The minimum atomic E-state index is -4.47. The molecule has 7 heteroatoms. The van der Waals surface area contributed by atoms with Crippen LogP contribution in [0.4, 0.5) is 13.2 Å². The highest BCUT2D eigenvalue weighted by Crippen LogP contribution is 2.34. The van der Waals surface area contributed by atoms with Crippen molar-refractivity contribution in [1.29, 1.82) is 0 Å². The van der Waals surface area contributed by atoms with Gasteiger partial charge in [-0.15, -0.1) is 0 Å². The van der Waals surface area contributed by atoms with Crippen molar-refractivity contribution in [2.24, 2.45) is 5.16 Å². The van der Waals surface area contributed by atoms with Crippen molar-refractivity contribution in [3.05, 3.63) is 34.3 Å². The lowest BCUT2D eigenvalue weighted by atomic mass is 10.0. The molecule has 1 unspecified atom stereocenters. The summed E-state index contributed by atoms with van der Waals surface area (Å²) in [5.41, 5.74) is -0.596. The highest BCUT2D eigenvalue weighted by atomic mass is 35.5. The maximum absolute atomic E-state index is 13.1. The molecule has 22 heavy (non-hydrogen) atoms. The van der Waals surface area contributed by atoms with Gasteiger partial charge in [-0.1, -0.05) is 23.7 Å². The van der Waals surface area contributed by atoms with Crippen LogP contribution < -0.4 is 0 Å². The van der Waals surface area contributed by atoms with E-state index in [4.69, 9.17) is 21.2 Å². The van der Waals surface area contributed by atoms with E-state index in [1.807, 2.05) is 0 Å². The fourth-order valence-electron chi connectivity index (χ4n) is 2.28. The molecule has 0 radical (unpaired) electrons. The summed E-state index contributed by atoms with van der Waals surface area (Å²) in [7, 11) is 0. The highest BCUT2D eigenvalue weighted by molar-refractivity contribution is 6.31. The number of oxime groups is 1. The van der Waals surface area contributed by atoms with Crippen LogP contribution in [0, 0.1) is 0 Å². The Morgan fingerprint density at radius 1 is 1.45 bits per heavy atom. The van der Waals surface area contributed by atoms with E-state index in [0.29, 0.717) is 13.0 Å². The lowest BCUT2D eigenvalue weighted by Crippen LogP contribution is -2.15. The van der Waals surface area contributed by atoms with Crippen molar-refractivity contribution in [1.82, 2.24) is 0 Å². The van der Waals surface area contributed by atoms with Gasteiger partial charge in [-0.25, -0.2) is 0 Å². The van der Waals surface area contributed by atoms with Crippen LogP contribution in [0.2, 0.25) is 5.02 Å². The summed E-state index contributed by atoms with van der Waals surface area (Å²) in [4.78, 5) is 5.19. The van der Waals surface area contributed by atoms with Crippen molar-refractivity contribution in [3.63, 3.8) is 0 Å². The Labute approximate surface area is 132 Å². The number of halogens is 4. The van der Waals surface area contributed by atoms with Gasteiger partial charge in [-0.2, -0.15) is 13.2 Å². The van der Waals surface area contributed by atoms with E-state index in [1.54, 1.807) is 6.92 Å². The second-order valence-corrected chi connectivity index (χ2v) is 5.45. The normalized spacial score (nSPS) is 19.5. The van der Waals surface area contributed by atoms with Crippen LogP contribution in [0.1, 0.15) is 37.3 Å². The molecular formula is C15H17ClF3NO2. The molecule has 1 heterocycles. The molecule has 0 bridgehead atoms. The summed E-state index contributed by atoms with van der Waals surface area (Å²) in [6, 6.07) is 3.44. The third-order valence-electron chi connectivity index (χ3n) is 3.39. The number of alkyl halides is 3. The molecule has 0 spiro atoms. The van der Waals surface area contributed by atoms with Crippen LogP contribution in [0.3, 0.4) is 0 Å². The van der Waals surface area contributed by atoms with Crippen molar-refractivity contribution < 1.29 is 22.7 Å². The fourth-order valence-corrected chi connectivity index (χ4v) is 2.45. The van der Waals surface area contributed by atoms with Gasteiger partial charge in [0.25, 0.3) is 0 Å². The Bertz CT molecular complexity index is 540. The molecule has 1 aromatic carbocycles. The van der Waals surface area contributed by atoms with E-state index in [2.05, 4.69) is 5.16 Å². The summed E-state index contributed by atoms with van der Waals surface area (Å²) in [6.07, 6.45) is -2.37. The quantitative estimate of drug-likeness (QED) is 0.578. The maximum atomic E-state index is 13.1. The average molecular weight is 336 g/mol. The third-order valence-corrected chi connectivity index (χ3v) is 3.63. The van der Waals surface area contributed by atoms with E-state index >= 15 is 0 Å². The van der Waals surface area contributed by atoms with E-state index in [1.165, 1.54) is 12.1 Å². The van der Waals surface area contributed by atoms with Crippen molar-refractivity contribution >= 4 is 17.3 Å². The SMILES string of the molecule is CCC(=NOCC1CCCO1)c1cc(Cl)ccc1C(F)(F)F. The molecule has 122 valence electrons. The second kappa shape index (κ2) is 7.33. The Morgan fingerprint density at radius 3 is 2.82 bits per heavy atom. The van der Waals surface area contributed by atoms with Crippen LogP contribution >= 0.6 is 11.6 Å². The van der Waals surface area contributed by atoms with Gasteiger partial charge in [0.2, 0.25) is 0 Å². The number of hydrogen-bond acceptors (Lipinski definition) is 3. The molecule has 0 aliphatic carbocycles. The van der Waals surface area contributed by atoms with Gasteiger partial charge < -0.3 is 9.57 Å². The summed E-state index contributed by atoms with van der Waals surface area (Å²) in [5, 5.41) is 4.09. The standard InChI is InChI=1S/C15H17ClF3NO2/c1-2-14(20-22-9-11-4-3-7-21-11)12-8-10(16)5-6-13(12)15(17,18)19/h5-6,8,11H,2-4,7,9H2,1H3. The molecule has 1 aromatic rings. The lowest BCUT2D eigenvalue weighted by Gasteiger charge is -2.14. The zero-order chi connectivity index (χ0) is 16.2. The van der Waals surface area contributed by atoms with Crippen molar-refractivity contribution in [2.75, 3.05) is 13.2 Å². The maximum Gasteiger partial charge on any atom is 0.417 e. The summed E-state index contributed by atoms with van der Waals surface area (Å²) in [5.74, 6) is 0. The Balaban J connectivity index is 2.20. The molecular weight excluding hydrogens is 319 g/mol. The fraction of sp³-hybridized carbons (Fsp3) is 0.533. The Kier molecular flexibility index (Phi) is 5.69. The smallest absolute Gasteiger partial charge is 0.393 e. The molecule has 0 aromatic heterocycles. The Hall–Kier alpha value is -1.27. The van der Waals surface area contributed by atoms with Gasteiger partial charge in [-0.05, 0) is 37.5 Å².